The van der Waals surface area contributed by atoms with Gasteiger partial charge in [0.1, 0.15) is 6.04 Å². The van der Waals surface area contributed by atoms with E-state index in [-0.39, 0.29) is 11.8 Å². The molecule has 0 heterocycles. The maximum absolute atomic E-state index is 12.2. The lowest BCUT2D eigenvalue weighted by Gasteiger charge is -2.28. The highest BCUT2D eigenvalue weighted by molar-refractivity contribution is 6.31. The quantitative estimate of drug-likeness (QED) is 0.745. The molecule has 1 rings (SSSR count). The lowest BCUT2D eigenvalue weighted by molar-refractivity contribution is -0.140. The molecule has 1 N–H and O–H groups in total. The van der Waals surface area contributed by atoms with Crippen LogP contribution >= 0.6 is 11.6 Å². The molecule has 2 amide bonds. The molecule has 1 aromatic carbocycles. The standard InChI is InChI=1S/C17H25ClN2O2/c1-4-6-11-19-17(22)13(3)20(16(21)5-2)12-14-9-7-8-10-15(14)18/h7-10,13H,4-6,11-12H2,1-3H3,(H,19,22)/t13-/m0/s1. The molecule has 1 atom stereocenters. The fraction of sp³-hybridized carbons (Fsp3) is 0.529. The van der Waals surface area contributed by atoms with Gasteiger partial charge >= 0.3 is 0 Å². The first kappa shape index (κ1) is 18.5. The van der Waals surface area contributed by atoms with Crippen molar-refractivity contribution in [3.8, 4) is 0 Å². The van der Waals surface area contributed by atoms with Gasteiger partial charge in [-0.15, -0.1) is 0 Å². The molecule has 5 heteroatoms. The van der Waals surface area contributed by atoms with Crippen molar-refractivity contribution in [1.29, 1.82) is 0 Å². The molecule has 0 saturated carbocycles. The van der Waals surface area contributed by atoms with E-state index in [0.29, 0.717) is 24.5 Å². The second-order valence-corrected chi connectivity index (χ2v) is 5.69. The number of halogens is 1. The molecule has 0 radical (unpaired) electrons. The predicted octanol–water partition coefficient (Wildman–Crippen LogP) is 3.38. The molecule has 0 aliphatic rings. The second-order valence-electron chi connectivity index (χ2n) is 5.29. The first-order valence-corrected chi connectivity index (χ1v) is 8.19. The topological polar surface area (TPSA) is 49.4 Å². The molecule has 4 nitrogen and oxygen atoms in total. The number of carbonyl (C=O) groups is 2. The van der Waals surface area contributed by atoms with Crippen molar-refractivity contribution in [2.45, 2.75) is 52.6 Å². The summed E-state index contributed by atoms with van der Waals surface area (Å²) in [6.07, 6.45) is 2.31. The van der Waals surface area contributed by atoms with E-state index < -0.39 is 6.04 Å². The van der Waals surface area contributed by atoms with Gasteiger partial charge in [0.05, 0.1) is 0 Å². The van der Waals surface area contributed by atoms with Gasteiger partial charge in [0.2, 0.25) is 11.8 Å². The van der Waals surface area contributed by atoms with Gasteiger partial charge in [0.25, 0.3) is 0 Å². The van der Waals surface area contributed by atoms with Crippen molar-refractivity contribution in [2.75, 3.05) is 6.54 Å². The maximum atomic E-state index is 12.2. The van der Waals surface area contributed by atoms with Crippen LogP contribution in [0.3, 0.4) is 0 Å². The molecular weight excluding hydrogens is 300 g/mol. The van der Waals surface area contributed by atoms with Gasteiger partial charge in [0.15, 0.2) is 0 Å². The van der Waals surface area contributed by atoms with Gasteiger partial charge < -0.3 is 10.2 Å². The van der Waals surface area contributed by atoms with Crippen LogP contribution in [0.25, 0.3) is 0 Å². The third kappa shape index (κ3) is 5.34. The molecule has 0 fully saturated rings. The fourth-order valence-electron chi connectivity index (χ4n) is 2.13. The highest BCUT2D eigenvalue weighted by Crippen LogP contribution is 2.19. The summed E-state index contributed by atoms with van der Waals surface area (Å²) in [5, 5.41) is 3.48. The average molecular weight is 325 g/mol. The number of unbranched alkanes of at least 4 members (excludes halogenated alkanes) is 1. The Hall–Kier alpha value is -1.55. The highest BCUT2D eigenvalue weighted by Gasteiger charge is 2.25. The molecule has 0 unspecified atom stereocenters. The van der Waals surface area contributed by atoms with Crippen molar-refractivity contribution in [2.24, 2.45) is 0 Å². The van der Waals surface area contributed by atoms with Crippen LogP contribution in [0, 0.1) is 0 Å². The minimum Gasteiger partial charge on any atom is -0.354 e. The lowest BCUT2D eigenvalue weighted by atomic mass is 10.1. The third-order valence-electron chi connectivity index (χ3n) is 3.60. The van der Waals surface area contributed by atoms with Crippen LogP contribution < -0.4 is 5.32 Å². The Labute approximate surface area is 137 Å². The van der Waals surface area contributed by atoms with Crippen LogP contribution in [-0.4, -0.2) is 29.3 Å². The van der Waals surface area contributed by atoms with Crippen molar-refractivity contribution >= 4 is 23.4 Å². The number of carbonyl (C=O) groups excluding carboxylic acids is 2. The summed E-state index contributed by atoms with van der Waals surface area (Å²) in [6, 6.07) is 6.87. The minimum atomic E-state index is -0.513. The Balaban J connectivity index is 2.82. The van der Waals surface area contributed by atoms with Gasteiger partial charge in [-0.05, 0) is 25.0 Å². The zero-order chi connectivity index (χ0) is 16.5. The van der Waals surface area contributed by atoms with Crippen molar-refractivity contribution < 1.29 is 9.59 Å². The highest BCUT2D eigenvalue weighted by atomic mass is 35.5. The fourth-order valence-corrected chi connectivity index (χ4v) is 2.33. The number of nitrogens with one attached hydrogen (secondary N) is 1. The van der Waals surface area contributed by atoms with Gasteiger partial charge in [-0.25, -0.2) is 0 Å². The first-order chi connectivity index (χ1) is 10.5. The van der Waals surface area contributed by atoms with Gasteiger partial charge in [-0.2, -0.15) is 0 Å². The van der Waals surface area contributed by atoms with E-state index in [2.05, 4.69) is 12.2 Å². The Bertz CT molecular complexity index is 505. The van der Waals surface area contributed by atoms with E-state index in [1.54, 1.807) is 24.8 Å². The number of nitrogens with zero attached hydrogens (tertiary/aromatic N) is 1. The number of hydrogen-bond donors (Lipinski definition) is 1. The molecule has 122 valence electrons. The largest absolute Gasteiger partial charge is 0.354 e. The Morgan fingerprint density at radius 1 is 1.27 bits per heavy atom. The summed E-state index contributed by atoms with van der Waals surface area (Å²) in [6.45, 7) is 6.60. The lowest BCUT2D eigenvalue weighted by Crippen LogP contribution is -2.47. The number of rotatable bonds is 8. The zero-order valence-electron chi connectivity index (χ0n) is 13.6. The van der Waals surface area contributed by atoms with Crippen LogP contribution in [0.2, 0.25) is 5.02 Å². The van der Waals surface area contributed by atoms with E-state index in [4.69, 9.17) is 11.6 Å². The van der Waals surface area contributed by atoms with Gasteiger partial charge in [0, 0.05) is 24.5 Å². The van der Waals surface area contributed by atoms with E-state index in [1.165, 1.54) is 0 Å². The summed E-state index contributed by atoms with van der Waals surface area (Å²) in [7, 11) is 0. The third-order valence-corrected chi connectivity index (χ3v) is 3.97. The second kappa shape index (κ2) is 9.46. The summed E-state index contributed by atoms with van der Waals surface area (Å²) in [5.41, 5.74) is 0.846. The Morgan fingerprint density at radius 2 is 1.95 bits per heavy atom. The molecule has 0 aliphatic heterocycles. The molecule has 0 aliphatic carbocycles. The zero-order valence-corrected chi connectivity index (χ0v) is 14.3. The van der Waals surface area contributed by atoms with E-state index in [0.717, 1.165) is 18.4 Å². The number of amides is 2. The summed E-state index contributed by atoms with van der Waals surface area (Å²) in [4.78, 5) is 26.0. The van der Waals surface area contributed by atoms with Crippen LogP contribution in [0.1, 0.15) is 45.6 Å². The monoisotopic (exact) mass is 324 g/mol. The Kier molecular flexibility index (Phi) is 7.96. The van der Waals surface area contributed by atoms with E-state index in [9.17, 15) is 9.59 Å². The Morgan fingerprint density at radius 3 is 2.55 bits per heavy atom. The van der Waals surface area contributed by atoms with Crippen LogP contribution in [0.15, 0.2) is 24.3 Å². The predicted molar refractivity (Wildman–Crippen MR) is 89.7 cm³/mol. The smallest absolute Gasteiger partial charge is 0.242 e. The van der Waals surface area contributed by atoms with E-state index >= 15 is 0 Å². The molecule has 0 aromatic heterocycles. The summed E-state index contributed by atoms with van der Waals surface area (Å²) >= 11 is 6.16. The van der Waals surface area contributed by atoms with Crippen molar-refractivity contribution in [3.63, 3.8) is 0 Å². The summed E-state index contributed by atoms with van der Waals surface area (Å²) in [5.74, 6) is -0.180. The SMILES string of the molecule is CCCCNC(=O)[C@H](C)N(Cc1ccccc1Cl)C(=O)CC. The molecular formula is C17H25ClN2O2. The van der Waals surface area contributed by atoms with Crippen LogP contribution in [0.5, 0.6) is 0 Å². The van der Waals surface area contributed by atoms with Gasteiger partial charge in [-0.1, -0.05) is 50.1 Å². The van der Waals surface area contributed by atoms with Crippen molar-refractivity contribution in [3.05, 3.63) is 34.9 Å². The first-order valence-electron chi connectivity index (χ1n) is 7.81. The molecule has 0 spiro atoms. The summed E-state index contributed by atoms with van der Waals surface area (Å²) < 4.78 is 0. The molecule has 0 saturated heterocycles. The molecule has 0 bridgehead atoms. The van der Waals surface area contributed by atoms with Crippen LogP contribution in [0.4, 0.5) is 0 Å². The normalized spacial score (nSPS) is 11.8. The minimum absolute atomic E-state index is 0.0574. The number of hydrogen-bond acceptors (Lipinski definition) is 2. The van der Waals surface area contributed by atoms with E-state index in [1.807, 2.05) is 18.2 Å². The average Bonchev–Trinajstić information content (AvgIpc) is 2.53. The van der Waals surface area contributed by atoms with Gasteiger partial charge in [-0.3, -0.25) is 9.59 Å². The van der Waals surface area contributed by atoms with Crippen LogP contribution in [-0.2, 0) is 16.1 Å². The number of benzene rings is 1. The molecule has 1 aromatic rings. The molecule has 22 heavy (non-hydrogen) atoms. The maximum Gasteiger partial charge on any atom is 0.242 e. The van der Waals surface area contributed by atoms with Crippen molar-refractivity contribution in [1.82, 2.24) is 10.2 Å².